The van der Waals surface area contributed by atoms with E-state index in [0.29, 0.717) is 12.5 Å². The molecular weight excluding hydrogens is 300 g/mol. The summed E-state index contributed by atoms with van der Waals surface area (Å²) in [5.41, 5.74) is 0. The number of aromatic nitrogens is 2. The lowest BCUT2D eigenvalue weighted by atomic mass is 10.1. The zero-order chi connectivity index (χ0) is 17.2. The third-order valence-electron chi connectivity index (χ3n) is 4.26. The van der Waals surface area contributed by atoms with Crippen LogP contribution in [0.2, 0.25) is 0 Å². The summed E-state index contributed by atoms with van der Waals surface area (Å²) in [5.74, 6) is 2.52. The van der Waals surface area contributed by atoms with Crippen molar-refractivity contribution in [1.82, 2.24) is 25.1 Å². The van der Waals surface area contributed by atoms with Crippen LogP contribution in [0.5, 0.6) is 0 Å². The number of imidazole rings is 1. The molecule has 0 aliphatic carbocycles. The maximum absolute atomic E-state index is 4.70. The highest BCUT2D eigenvalue weighted by Gasteiger charge is 2.09. The van der Waals surface area contributed by atoms with E-state index in [1.807, 2.05) is 12.4 Å². The molecule has 2 rings (SSSR count). The molecule has 0 unspecified atom stereocenters. The van der Waals surface area contributed by atoms with Gasteiger partial charge in [-0.25, -0.2) is 9.98 Å². The van der Waals surface area contributed by atoms with Crippen LogP contribution in [0.15, 0.2) is 17.4 Å². The SMILES string of the molecule is CCNC(=NCc1nccn1CC(C)C)NCCN1CCCCC1. The molecule has 1 saturated heterocycles. The topological polar surface area (TPSA) is 57.5 Å². The second-order valence-corrected chi connectivity index (χ2v) is 6.91. The molecule has 1 fully saturated rings. The van der Waals surface area contributed by atoms with E-state index in [1.165, 1.54) is 32.4 Å². The number of guanidine groups is 1. The number of likely N-dealkylation sites (tertiary alicyclic amines) is 1. The summed E-state index contributed by atoms with van der Waals surface area (Å²) in [4.78, 5) is 11.7. The Morgan fingerprint density at radius 2 is 2.04 bits per heavy atom. The highest BCUT2D eigenvalue weighted by molar-refractivity contribution is 5.79. The van der Waals surface area contributed by atoms with Gasteiger partial charge in [0.2, 0.25) is 0 Å². The molecule has 0 spiro atoms. The lowest BCUT2D eigenvalue weighted by molar-refractivity contribution is 0.232. The predicted molar refractivity (Wildman–Crippen MR) is 100 cm³/mol. The van der Waals surface area contributed by atoms with Crippen molar-refractivity contribution in [2.75, 3.05) is 32.7 Å². The summed E-state index contributed by atoms with van der Waals surface area (Å²) in [6.07, 6.45) is 7.97. The summed E-state index contributed by atoms with van der Waals surface area (Å²) in [5, 5.41) is 6.78. The predicted octanol–water partition coefficient (Wildman–Crippen LogP) is 2.08. The summed E-state index contributed by atoms with van der Waals surface area (Å²) in [6.45, 7) is 13.5. The maximum Gasteiger partial charge on any atom is 0.191 e. The third-order valence-corrected chi connectivity index (χ3v) is 4.26. The molecule has 136 valence electrons. The first-order valence-electron chi connectivity index (χ1n) is 9.43. The van der Waals surface area contributed by atoms with Gasteiger partial charge in [0.1, 0.15) is 12.4 Å². The quantitative estimate of drug-likeness (QED) is 0.564. The highest BCUT2D eigenvalue weighted by Crippen LogP contribution is 2.07. The Morgan fingerprint density at radius 1 is 1.25 bits per heavy atom. The van der Waals surface area contributed by atoms with Crippen LogP contribution in [0.4, 0.5) is 0 Å². The van der Waals surface area contributed by atoms with Gasteiger partial charge in [-0.15, -0.1) is 0 Å². The zero-order valence-corrected chi connectivity index (χ0v) is 15.6. The average molecular weight is 335 g/mol. The van der Waals surface area contributed by atoms with Crippen molar-refractivity contribution in [2.45, 2.75) is 53.1 Å². The molecule has 6 heteroatoms. The van der Waals surface area contributed by atoms with E-state index in [4.69, 9.17) is 4.99 Å². The summed E-state index contributed by atoms with van der Waals surface area (Å²) in [6, 6.07) is 0. The van der Waals surface area contributed by atoms with Gasteiger partial charge >= 0.3 is 0 Å². The van der Waals surface area contributed by atoms with E-state index in [-0.39, 0.29) is 0 Å². The van der Waals surface area contributed by atoms with Crippen LogP contribution in [0.3, 0.4) is 0 Å². The Morgan fingerprint density at radius 3 is 2.75 bits per heavy atom. The number of piperidine rings is 1. The van der Waals surface area contributed by atoms with Crippen LogP contribution >= 0.6 is 0 Å². The lowest BCUT2D eigenvalue weighted by Crippen LogP contribution is -2.42. The van der Waals surface area contributed by atoms with Gasteiger partial charge in [0.25, 0.3) is 0 Å². The summed E-state index contributed by atoms with van der Waals surface area (Å²) < 4.78 is 2.20. The van der Waals surface area contributed by atoms with Crippen molar-refractivity contribution in [1.29, 1.82) is 0 Å². The first kappa shape index (κ1) is 18.8. The van der Waals surface area contributed by atoms with Gasteiger partial charge < -0.3 is 20.1 Å². The molecule has 0 atom stereocenters. The third kappa shape index (κ3) is 6.51. The molecule has 2 heterocycles. The number of nitrogens with zero attached hydrogens (tertiary/aromatic N) is 4. The Bertz CT molecular complexity index is 487. The zero-order valence-electron chi connectivity index (χ0n) is 15.6. The van der Waals surface area contributed by atoms with Crippen molar-refractivity contribution in [3.8, 4) is 0 Å². The second kappa shape index (κ2) is 10.3. The largest absolute Gasteiger partial charge is 0.357 e. The number of aliphatic imine (C=N–C) groups is 1. The van der Waals surface area contributed by atoms with Gasteiger partial charge in [0.15, 0.2) is 5.96 Å². The van der Waals surface area contributed by atoms with Crippen LogP contribution in [-0.2, 0) is 13.1 Å². The van der Waals surface area contributed by atoms with E-state index < -0.39 is 0 Å². The Kier molecular flexibility index (Phi) is 8.08. The minimum Gasteiger partial charge on any atom is -0.357 e. The van der Waals surface area contributed by atoms with Gasteiger partial charge in [-0.1, -0.05) is 20.3 Å². The Balaban J connectivity index is 1.82. The number of hydrogen-bond donors (Lipinski definition) is 2. The van der Waals surface area contributed by atoms with E-state index in [2.05, 4.69) is 45.9 Å². The van der Waals surface area contributed by atoms with Gasteiger partial charge in [0, 0.05) is 38.6 Å². The van der Waals surface area contributed by atoms with Crippen molar-refractivity contribution >= 4 is 5.96 Å². The van der Waals surface area contributed by atoms with Crippen LogP contribution < -0.4 is 10.6 Å². The summed E-state index contributed by atoms with van der Waals surface area (Å²) in [7, 11) is 0. The van der Waals surface area contributed by atoms with E-state index in [9.17, 15) is 0 Å². The Hall–Kier alpha value is -1.56. The van der Waals surface area contributed by atoms with Crippen molar-refractivity contribution in [3.05, 3.63) is 18.2 Å². The molecule has 0 radical (unpaired) electrons. The normalized spacial score (nSPS) is 16.6. The standard InChI is InChI=1S/C18H34N6/c1-4-19-18(21-8-12-23-10-6-5-7-11-23)22-14-17-20-9-13-24(17)15-16(2)3/h9,13,16H,4-8,10-12,14-15H2,1-3H3,(H2,19,21,22). The number of rotatable bonds is 8. The van der Waals surface area contributed by atoms with Gasteiger partial charge in [-0.3, -0.25) is 0 Å². The molecule has 0 bridgehead atoms. The molecule has 1 aliphatic rings. The minimum absolute atomic E-state index is 0.609. The first-order chi connectivity index (χ1) is 11.7. The molecule has 0 aromatic carbocycles. The molecule has 0 amide bonds. The lowest BCUT2D eigenvalue weighted by Gasteiger charge is -2.26. The fourth-order valence-electron chi connectivity index (χ4n) is 3.06. The van der Waals surface area contributed by atoms with E-state index in [1.54, 1.807) is 0 Å². The second-order valence-electron chi connectivity index (χ2n) is 6.91. The fraction of sp³-hybridized carbons (Fsp3) is 0.778. The molecule has 1 aliphatic heterocycles. The van der Waals surface area contributed by atoms with Crippen LogP contribution in [0.25, 0.3) is 0 Å². The van der Waals surface area contributed by atoms with Gasteiger partial charge in [-0.05, 0) is 38.8 Å². The number of nitrogens with one attached hydrogen (secondary N) is 2. The fourth-order valence-corrected chi connectivity index (χ4v) is 3.06. The molecule has 24 heavy (non-hydrogen) atoms. The molecule has 2 N–H and O–H groups in total. The number of hydrogen-bond acceptors (Lipinski definition) is 3. The monoisotopic (exact) mass is 334 g/mol. The Labute approximate surface area is 146 Å². The molecule has 1 aromatic rings. The first-order valence-corrected chi connectivity index (χ1v) is 9.43. The molecular formula is C18H34N6. The smallest absolute Gasteiger partial charge is 0.191 e. The average Bonchev–Trinajstić information content (AvgIpc) is 3.00. The minimum atomic E-state index is 0.609. The van der Waals surface area contributed by atoms with Crippen molar-refractivity contribution in [2.24, 2.45) is 10.9 Å². The summed E-state index contributed by atoms with van der Waals surface area (Å²) >= 11 is 0. The van der Waals surface area contributed by atoms with Crippen molar-refractivity contribution < 1.29 is 0 Å². The molecule has 0 saturated carbocycles. The maximum atomic E-state index is 4.70. The van der Waals surface area contributed by atoms with Gasteiger partial charge in [0.05, 0.1) is 0 Å². The van der Waals surface area contributed by atoms with Crippen LogP contribution in [0.1, 0.15) is 45.9 Å². The van der Waals surface area contributed by atoms with E-state index >= 15 is 0 Å². The van der Waals surface area contributed by atoms with Crippen LogP contribution in [0, 0.1) is 5.92 Å². The molecule has 6 nitrogen and oxygen atoms in total. The molecule has 1 aromatic heterocycles. The highest BCUT2D eigenvalue weighted by atomic mass is 15.2. The van der Waals surface area contributed by atoms with Gasteiger partial charge in [-0.2, -0.15) is 0 Å². The van der Waals surface area contributed by atoms with Crippen molar-refractivity contribution in [3.63, 3.8) is 0 Å². The van der Waals surface area contributed by atoms with Crippen LogP contribution in [-0.4, -0.2) is 53.1 Å². The van der Waals surface area contributed by atoms with E-state index in [0.717, 1.165) is 38.0 Å².